The molecule has 18 heteroatoms. The maximum atomic E-state index is 13.9. The van der Waals surface area contributed by atoms with Crippen LogP contribution >= 0.6 is 0 Å². The Hall–Kier alpha value is -4.58. The molecule has 2 aliphatic rings. The maximum Gasteiger partial charge on any atom is 0.335 e. The number of carbonyl (C=O) groups is 6. The Bertz CT molecular complexity index is 1420. The van der Waals surface area contributed by atoms with Crippen LogP contribution in [0.4, 0.5) is 0 Å². The Morgan fingerprint density at radius 1 is 0.614 bits per heavy atom. The summed E-state index contributed by atoms with van der Waals surface area (Å²) in [7, 11) is 0. The smallest absolute Gasteiger partial charge is 0.335 e. The Kier molecular flexibility index (Phi) is 11.0. The van der Waals surface area contributed by atoms with Gasteiger partial charge < -0.3 is 37.9 Å². The number of nitrogens with zero attached hydrogens (tertiary/aromatic N) is 2. The van der Waals surface area contributed by atoms with Crippen molar-refractivity contribution in [2.75, 3.05) is 13.2 Å². The van der Waals surface area contributed by atoms with Crippen LogP contribution in [0.3, 0.4) is 0 Å². The molecule has 1 aromatic rings. The van der Waals surface area contributed by atoms with Gasteiger partial charge in [-0.1, -0.05) is 0 Å². The Labute approximate surface area is 249 Å². The van der Waals surface area contributed by atoms with Crippen molar-refractivity contribution >= 4 is 35.8 Å². The van der Waals surface area contributed by atoms with Crippen LogP contribution in [-0.2, 0) is 66.7 Å². The topological polar surface area (TPSA) is 220 Å². The molecular weight excluding hydrogens is 596 g/mol. The highest BCUT2D eigenvalue weighted by atomic mass is 16.7. The Morgan fingerprint density at radius 3 is 1.41 bits per heavy atom. The van der Waals surface area contributed by atoms with Gasteiger partial charge in [0.25, 0.3) is 5.56 Å². The maximum absolute atomic E-state index is 13.9. The molecule has 242 valence electrons. The average molecular weight is 629 g/mol. The van der Waals surface area contributed by atoms with Crippen LogP contribution in [0.1, 0.15) is 54.0 Å². The highest BCUT2D eigenvalue weighted by Crippen LogP contribution is 2.35. The zero-order valence-electron chi connectivity index (χ0n) is 24.6. The molecule has 8 atom stereocenters. The molecule has 3 heterocycles. The van der Waals surface area contributed by atoms with Crippen LogP contribution in [0, 0.1) is 0 Å². The second-order valence-corrected chi connectivity index (χ2v) is 9.75. The quantitative estimate of drug-likeness (QED) is 0.216. The second-order valence-electron chi connectivity index (χ2n) is 9.75. The summed E-state index contributed by atoms with van der Waals surface area (Å²) in [5.74, 6) is -4.79. The van der Waals surface area contributed by atoms with Crippen molar-refractivity contribution in [3.63, 3.8) is 0 Å². The Balaban J connectivity index is 2.13. The monoisotopic (exact) mass is 628 g/mol. The number of hydrogen-bond acceptors (Lipinski definition) is 16. The molecule has 0 spiro atoms. The summed E-state index contributed by atoms with van der Waals surface area (Å²) in [6.45, 7) is 5.48. The average Bonchev–Trinajstić information content (AvgIpc) is 3.38. The van der Waals surface area contributed by atoms with Crippen LogP contribution in [0.2, 0.25) is 0 Å². The summed E-state index contributed by atoms with van der Waals surface area (Å²) in [4.78, 5) is 97.8. The van der Waals surface area contributed by atoms with Gasteiger partial charge in [0.05, 0.1) is 0 Å². The number of aromatic nitrogens is 2. The summed E-state index contributed by atoms with van der Waals surface area (Å²) in [5, 5.41) is 0. The lowest BCUT2D eigenvalue weighted by Crippen LogP contribution is -2.49. The summed E-state index contributed by atoms with van der Waals surface area (Å²) in [6, 6.07) is 0.921. The molecule has 0 radical (unpaired) electrons. The summed E-state index contributed by atoms with van der Waals surface area (Å²) >= 11 is 0. The Morgan fingerprint density at radius 2 is 1.00 bits per heavy atom. The lowest BCUT2D eigenvalue weighted by Gasteiger charge is -2.26. The third-order valence-electron chi connectivity index (χ3n) is 6.25. The van der Waals surface area contributed by atoms with Crippen molar-refractivity contribution in [3.8, 4) is 0 Å². The fourth-order valence-electron chi connectivity index (χ4n) is 4.75. The molecular formula is C26H32N2O16. The lowest BCUT2D eigenvalue weighted by molar-refractivity contribution is -0.167. The zero-order chi connectivity index (χ0) is 32.9. The number of esters is 6. The first-order chi connectivity index (χ1) is 20.6. The standard InChI is InChI=1S/C26H32N2O16/c1-11(29)37-9-17-20(39-13(3)31)22(41-15(5)33)24(43-17)27-8-7-19(35)28(26(27)36)25-23(42-16(6)34)21(40-14(4)32)18(44-25)10-38-12(2)30/h7-8,17-18,20-25H,9-10H2,1-6H3/t17-,18-,20-,21-,22-,23-,24-,25-/m1/s1. The first-order valence-corrected chi connectivity index (χ1v) is 13.2. The van der Waals surface area contributed by atoms with Crippen molar-refractivity contribution in [2.45, 2.75) is 90.6 Å². The molecule has 0 unspecified atom stereocenters. The molecule has 18 nitrogen and oxygen atoms in total. The van der Waals surface area contributed by atoms with Crippen LogP contribution in [-0.4, -0.2) is 94.8 Å². The van der Waals surface area contributed by atoms with Crippen LogP contribution in [0.25, 0.3) is 0 Å². The van der Waals surface area contributed by atoms with Gasteiger partial charge in [-0.25, -0.2) is 9.36 Å². The van der Waals surface area contributed by atoms with Gasteiger partial charge in [0.2, 0.25) is 0 Å². The van der Waals surface area contributed by atoms with Crippen molar-refractivity contribution in [1.82, 2.24) is 9.13 Å². The number of rotatable bonds is 10. The predicted octanol–water partition coefficient (Wildman–Crippen LogP) is -1.34. The minimum absolute atomic E-state index is 0.460. The fourth-order valence-corrected chi connectivity index (χ4v) is 4.75. The summed E-state index contributed by atoms with van der Waals surface area (Å²) < 4.78 is 44.3. The van der Waals surface area contributed by atoms with E-state index >= 15 is 0 Å². The van der Waals surface area contributed by atoms with E-state index < -0.39 is 109 Å². The van der Waals surface area contributed by atoms with Gasteiger partial charge in [0.15, 0.2) is 36.9 Å². The molecule has 44 heavy (non-hydrogen) atoms. The van der Waals surface area contributed by atoms with E-state index in [9.17, 15) is 38.4 Å². The van der Waals surface area contributed by atoms with E-state index in [1.54, 1.807) is 0 Å². The van der Waals surface area contributed by atoms with Gasteiger partial charge >= 0.3 is 41.5 Å². The number of ether oxygens (including phenoxy) is 8. The number of carbonyl (C=O) groups excluding carboxylic acids is 6. The molecule has 0 aliphatic carbocycles. The molecule has 2 aliphatic heterocycles. The molecule has 1 aromatic heterocycles. The zero-order valence-corrected chi connectivity index (χ0v) is 24.6. The third-order valence-corrected chi connectivity index (χ3v) is 6.25. The van der Waals surface area contributed by atoms with Crippen molar-refractivity contribution < 1.29 is 66.7 Å². The number of hydrogen-bond donors (Lipinski definition) is 0. The van der Waals surface area contributed by atoms with Gasteiger partial charge in [0, 0.05) is 53.8 Å². The van der Waals surface area contributed by atoms with E-state index in [0.29, 0.717) is 4.57 Å². The van der Waals surface area contributed by atoms with E-state index in [0.717, 1.165) is 58.4 Å². The van der Waals surface area contributed by atoms with Gasteiger partial charge in [-0.3, -0.25) is 38.1 Å². The molecule has 0 N–H and O–H groups in total. The van der Waals surface area contributed by atoms with Gasteiger partial charge in [-0.05, 0) is 0 Å². The molecule has 0 amide bonds. The van der Waals surface area contributed by atoms with E-state index in [-0.39, 0.29) is 0 Å². The molecule has 3 rings (SSSR count). The van der Waals surface area contributed by atoms with Gasteiger partial charge in [-0.2, -0.15) is 0 Å². The van der Waals surface area contributed by atoms with E-state index in [2.05, 4.69) is 0 Å². The third kappa shape index (κ3) is 8.07. The van der Waals surface area contributed by atoms with Gasteiger partial charge in [-0.15, -0.1) is 0 Å². The van der Waals surface area contributed by atoms with Crippen molar-refractivity contribution in [3.05, 3.63) is 33.1 Å². The highest BCUT2D eigenvalue weighted by Gasteiger charge is 2.53. The normalized spacial score (nSPS) is 27.6. The van der Waals surface area contributed by atoms with Crippen LogP contribution in [0.15, 0.2) is 21.9 Å². The van der Waals surface area contributed by atoms with Crippen LogP contribution < -0.4 is 11.2 Å². The van der Waals surface area contributed by atoms with E-state index in [1.165, 1.54) is 0 Å². The van der Waals surface area contributed by atoms with Crippen molar-refractivity contribution in [1.29, 1.82) is 0 Å². The lowest BCUT2D eigenvalue weighted by atomic mass is 10.1. The first-order valence-electron chi connectivity index (χ1n) is 13.2. The van der Waals surface area contributed by atoms with Crippen molar-refractivity contribution in [2.24, 2.45) is 0 Å². The SMILES string of the molecule is CC(=O)OC[C@H]1O[C@@H](n2ccc(=O)n([C@@H]3O[C@H](COC(C)=O)[C@@H](OC(C)=O)[C@H]3OC(C)=O)c2=O)[C@H](OC(C)=O)[C@@H]1OC(C)=O. The minimum Gasteiger partial charge on any atom is -0.463 e. The summed E-state index contributed by atoms with van der Waals surface area (Å²) in [6.07, 6.45) is -10.6. The van der Waals surface area contributed by atoms with Crippen LogP contribution in [0.5, 0.6) is 0 Å². The molecule has 2 saturated heterocycles. The minimum atomic E-state index is -1.72. The fraction of sp³-hybridized carbons (Fsp3) is 0.615. The molecule has 0 bridgehead atoms. The highest BCUT2D eigenvalue weighted by molar-refractivity contribution is 5.68. The summed E-state index contributed by atoms with van der Waals surface area (Å²) in [5.41, 5.74) is -2.11. The predicted molar refractivity (Wildman–Crippen MR) is 138 cm³/mol. The molecule has 2 fully saturated rings. The van der Waals surface area contributed by atoms with E-state index in [4.69, 9.17) is 37.9 Å². The second kappa shape index (κ2) is 14.3. The largest absolute Gasteiger partial charge is 0.463 e. The van der Waals surface area contributed by atoms with Gasteiger partial charge in [0.1, 0.15) is 25.4 Å². The molecule has 0 saturated carbocycles. The van der Waals surface area contributed by atoms with E-state index in [1.807, 2.05) is 0 Å². The molecule has 0 aromatic carbocycles. The first kappa shape index (κ1) is 33.9.